The maximum atomic E-state index is 10.7. The smallest absolute Gasteiger partial charge is 0.203 e. The van der Waals surface area contributed by atoms with Crippen LogP contribution in [0.3, 0.4) is 0 Å². The zero-order chi connectivity index (χ0) is 18.4. The van der Waals surface area contributed by atoms with Crippen LogP contribution >= 0.6 is 0 Å². The Hall–Kier alpha value is -2.92. The molecular formula is C21H23N3O2. The van der Waals surface area contributed by atoms with E-state index in [2.05, 4.69) is 48.8 Å². The van der Waals surface area contributed by atoms with Gasteiger partial charge in [-0.05, 0) is 56.6 Å². The lowest BCUT2D eigenvalue weighted by Crippen LogP contribution is -2.13. The standard InChI is InChI=1S/C21H23N3O2/c1-22(2)13-17-10-15-9-16(6-8-20(15)23(17)3)24-12-14-5-7-18(26-4)11-19(14)21(24)25/h5-12,25H,13H2,1-4H3. The first kappa shape index (κ1) is 16.5. The average Bonchev–Trinajstić information content (AvgIpc) is 3.11. The highest BCUT2D eigenvalue weighted by Gasteiger charge is 2.13. The molecule has 0 saturated carbocycles. The molecule has 0 aliphatic rings. The highest BCUT2D eigenvalue weighted by atomic mass is 16.5. The number of rotatable bonds is 4. The largest absolute Gasteiger partial charge is 0.497 e. The molecule has 1 N–H and O–H groups in total. The van der Waals surface area contributed by atoms with Crippen molar-refractivity contribution in [2.75, 3.05) is 21.2 Å². The van der Waals surface area contributed by atoms with Crippen LogP contribution in [-0.4, -0.2) is 40.3 Å². The number of aromatic hydroxyl groups is 1. The Labute approximate surface area is 152 Å². The van der Waals surface area contributed by atoms with Crippen LogP contribution in [0.4, 0.5) is 0 Å². The molecule has 0 radical (unpaired) electrons. The zero-order valence-electron chi connectivity index (χ0n) is 15.5. The SMILES string of the molecule is COc1ccc2cn(-c3ccc4c(c3)cc(CN(C)C)n4C)c(O)c2c1. The third kappa shape index (κ3) is 2.61. The number of methoxy groups -OCH3 is 1. The first-order valence-corrected chi connectivity index (χ1v) is 8.59. The maximum absolute atomic E-state index is 10.7. The van der Waals surface area contributed by atoms with Crippen molar-refractivity contribution in [1.29, 1.82) is 0 Å². The topological polar surface area (TPSA) is 42.6 Å². The molecule has 0 atom stereocenters. The van der Waals surface area contributed by atoms with Gasteiger partial charge in [0.05, 0.1) is 7.11 Å². The van der Waals surface area contributed by atoms with Crippen LogP contribution in [0.25, 0.3) is 27.4 Å². The first-order valence-electron chi connectivity index (χ1n) is 8.59. The molecule has 2 aromatic carbocycles. The summed E-state index contributed by atoms with van der Waals surface area (Å²) in [6.07, 6.45) is 1.95. The quantitative estimate of drug-likeness (QED) is 0.608. The molecule has 0 unspecified atom stereocenters. The molecular weight excluding hydrogens is 326 g/mol. The van der Waals surface area contributed by atoms with Gasteiger partial charge in [0.25, 0.3) is 0 Å². The molecule has 134 valence electrons. The third-order valence-corrected chi connectivity index (χ3v) is 4.88. The van der Waals surface area contributed by atoms with Gasteiger partial charge in [-0.1, -0.05) is 0 Å². The molecule has 5 heteroatoms. The molecule has 5 nitrogen and oxygen atoms in total. The summed E-state index contributed by atoms with van der Waals surface area (Å²) < 4.78 is 9.31. The van der Waals surface area contributed by atoms with Crippen molar-refractivity contribution in [2.24, 2.45) is 7.05 Å². The molecule has 0 amide bonds. The van der Waals surface area contributed by atoms with E-state index in [1.54, 1.807) is 7.11 Å². The van der Waals surface area contributed by atoms with Crippen molar-refractivity contribution in [2.45, 2.75) is 6.54 Å². The van der Waals surface area contributed by atoms with Crippen LogP contribution in [0.5, 0.6) is 11.6 Å². The molecule has 0 bridgehead atoms. The van der Waals surface area contributed by atoms with Gasteiger partial charge in [-0.3, -0.25) is 4.57 Å². The van der Waals surface area contributed by atoms with Gasteiger partial charge >= 0.3 is 0 Å². The van der Waals surface area contributed by atoms with Gasteiger partial charge in [0.15, 0.2) is 0 Å². The summed E-state index contributed by atoms with van der Waals surface area (Å²) in [4.78, 5) is 2.16. The van der Waals surface area contributed by atoms with Crippen LogP contribution in [0.15, 0.2) is 48.7 Å². The van der Waals surface area contributed by atoms with Gasteiger partial charge in [0.1, 0.15) is 5.75 Å². The van der Waals surface area contributed by atoms with E-state index < -0.39 is 0 Å². The van der Waals surface area contributed by atoms with Gasteiger partial charge in [-0.15, -0.1) is 0 Å². The molecule has 4 rings (SSSR count). The molecule has 0 fully saturated rings. The molecule has 0 aliphatic carbocycles. The van der Waals surface area contributed by atoms with Crippen molar-refractivity contribution in [3.63, 3.8) is 0 Å². The lowest BCUT2D eigenvalue weighted by atomic mass is 10.2. The Morgan fingerprint density at radius 2 is 1.85 bits per heavy atom. The summed E-state index contributed by atoms with van der Waals surface area (Å²) in [5.74, 6) is 0.958. The van der Waals surface area contributed by atoms with E-state index in [4.69, 9.17) is 4.74 Å². The number of aromatic nitrogens is 2. The van der Waals surface area contributed by atoms with E-state index in [0.717, 1.165) is 34.1 Å². The van der Waals surface area contributed by atoms with Crippen LogP contribution in [-0.2, 0) is 13.6 Å². The summed E-state index contributed by atoms with van der Waals surface area (Å²) in [6, 6.07) is 14.2. The fraction of sp³-hybridized carbons (Fsp3) is 0.238. The fourth-order valence-corrected chi connectivity index (χ4v) is 3.51. The Bertz CT molecular complexity index is 1110. The predicted octanol–water partition coefficient (Wildman–Crippen LogP) is 3.90. The number of ether oxygens (including phenoxy) is 1. The third-order valence-electron chi connectivity index (χ3n) is 4.88. The summed E-state index contributed by atoms with van der Waals surface area (Å²) >= 11 is 0. The Morgan fingerprint density at radius 3 is 2.58 bits per heavy atom. The first-order chi connectivity index (χ1) is 12.5. The number of aryl methyl sites for hydroxylation is 1. The maximum Gasteiger partial charge on any atom is 0.203 e. The highest BCUT2D eigenvalue weighted by molar-refractivity contribution is 5.91. The van der Waals surface area contributed by atoms with E-state index in [-0.39, 0.29) is 5.88 Å². The van der Waals surface area contributed by atoms with Crippen LogP contribution < -0.4 is 4.74 Å². The predicted molar refractivity (Wildman–Crippen MR) is 105 cm³/mol. The van der Waals surface area contributed by atoms with E-state index in [1.807, 2.05) is 35.0 Å². The molecule has 2 aromatic heterocycles. The number of hydrogen-bond donors (Lipinski definition) is 1. The number of benzene rings is 2. The zero-order valence-corrected chi connectivity index (χ0v) is 15.5. The van der Waals surface area contributed by atoms with Crippen LogP contribution in [0.2, 0.25) is 0 Å². The second kappa shape index (κ2) is 6.11. The Kier molecular flexibility index (Phi) is 3.89. The minimum Gasteiger partial charge on any atom is -0.497 e. The Morgan fingerprint density at radius 1 is 1.04 bits per heavy atom. The lowest BCUT2D eigenvalue weighted by molar-refractivity contribution is 0.392. The molecule has 4 aromatic rings. The van der Waals surface area contributed by atoms with E-state index in [9.17, 15) is 5.11 Å². The second-order valence-electron chi connectivity index (χ2n) is 6.95. The molecule has 0 aliphatic heterocycles. The normalized spacial score (nSPS) is 11.7. The molecule has 26 heavy (non-hydrogen) atoms. The van der Waals surface area contributed by atoms with Gasteiger partial charge < -0.3 is 19.3 Å². The van der Waals surface area contributed by atoms with Crippen molar-refractivity contribution in [3.05, 3.63) is 54.4 Å². The van der Waals surface area contributed by atoms with Crippen molar-refractivity contribution < 1.29 is 9.84 Å². The van der Waals surface area contributed by atoms with E-state index >= 15 is 0 Å². The number of nitrogens with zero attached hydrogens (tertiary/aromatic N) is 3. The minimum atomic E-state index is 0.225. The summed E-state index contributed by atoms with van der Waals surface area (Å²) in [5.41, 5.74) is 3.38. The number of hydrogen-bond acceptors (Lipinski definition) is 3. The van der Waals surface area contributed by atoms with Gasteiger partial charge in [-0.25, -0.2) is 0 Å². The van der Waals surface area contributed by atoms with E-state index in [0.29, 0.717) is 0 Å². The minimum absolute atomic E-state index is 0.225. The van der Waals surface area contributed by atoms with Crippen LogP contribution in [0, 0.1) is 0 Å². The van der Waals surface area contributed by atoms with Gasteiger partial charge in [0, 0.05) is 52.8 Å². The van der Waals surface area contributed by atoms with Gasteiger partial charge in [0.2, 0.25) is 5.88 Å². The van der Waals surface area contributed by atoms with Crippen molar-refractivity contribution >= 4 is 21.7 Å². The van der Waals surface area contributed by atoms with Crippen molar-refractivity contribution in [1.82, 2.24) is 14.0 Å². The fourth-order valence-electron chi connectivity index (χ4n) is 3.51. The van der Waals surface area contributed by atoms with Crippen LogP contribution in [0.1, 0.15) is 5.69 Å². The summed E-state index contributed by atoms with van der Waals surface area (Å²) in [7, 11) is 7.86. The molecule has 0 spiro atoms. The highest BCUT2D eigenvalue weighted by Crippen LogP contribution is 2.33. The summed E-state index contributed by atoms with van der Waals surface area (Å²) in [6.45, 7) is 0.888. The number of fused-ring (bicyclic) bond motifs is 2. The molecule has 0 saturated heterocycles. The summed E-state index contributed by atoms with van der Waals surface area (Å²) in [5, 5.41) is 13.6. The van der Waals surface area contributed by atoms with E-state index in [1.165, 1.54) is 11.2 Å². The van der Waals surface area contributed by atoms with Crippen molar-refractivity contribution in [3.8, 4) is 17.3 Å². The van der Waals surface area contributed by atoms with Gasteiger partial charge in [-0.2, -0.15) is 0 Å². The Balaban J connectivity index is 1.84. The average molecular weight is 349 g/mol. The second-order valence-corrected chi connectivity index (χ2v) is 6.95. The monoisotopic (exact) mass is 349 g/mol. The lowest BCUT2D eigenvalue weighted by Gasteiger charge is -2.10. The molecule has 2 heterocycles.